The molecule has 4 rings (SSSR count). The van der Waals surface area contributed by atoms with Crippen LogP contribution in [0.15, 0.2) is 42.5 Å². The number of piperidine rings is 1. The number of carbonyl (C=O) groups excluding carboxylic acids is 2. The van der Waals surface area contributed by atoms with E-state index in [9.17, 15) is 9.59 Å². The third-order valence-electron chi connectivity index (χ3n) is 6.72. The summed E-state index contributed by atoms with van der Waals surface area (Å²) in [6, 6.07) is 13.0. The van der Waals surface area contributed by atoms with Crippen molar-refractivity contribution in [2.45, 2.75) is 44.7 Å². The van der Waals surface area contributed by atoms with E-state index < -0.39 is 0 Å². The van der Waals surface area contributed by atoms with E-state index in [1.54, 1.807) is 37.4 Å². The summed E-state index contributed by atoms with van der Waals surface area (Å²) in [5, 5.41) is 2.78. The van der Waals surface area contributed by atoms with Crippen LogP contribution in [0.5, 0.6) is 17.2 Å². The van der Waals surface area contributed by atoms with Gasteiger partial charge in [0.05, 0.1) is 19.9 Å². The highest BCUT2D eigenvalue weighted by Crippen LogP contribution is 2.35. The summed E-state index contributed by atoms with van der Waals surface area (Å²) in [6.07, 6.45) is 4.16. The number of ether oxygens (including phenoxy) is 3. The Morgan fingerprint density at radius 2 is 1.63 bits per heavy atom. The van der Waals surface area contributed by atoms with Gasteiger partial charge in [-0.1, -0.05) is 19.1 Å². The number of amides is 2. The minimum Gasteiger partial charge on any atom is -0.495 e. The molecular weight excluding hydrogens is 446 g/mol. The summed E-state index contributed by atoms with van der Waals surface area (Å²) in [5.41, 5.74) is 1.15. The maximum Gasteiger partial charge on any atom is 0.262 e. The summed E-state index contributed by atoms with van der Waals surface area (Å²) < 4.78 is 16.5. The van der Waals surface area contributed by atoms with E-state index in [1.165, 1.54) is 7.11 Å². The molecule has 1 heterocycles. The quantitative estimate of drug-likeness (QED) is 0.556. The fourth-order valence-electron chi connectivity index (χ4n) is 4.64. The highest BCUT2D eigenvalue weighted by molar-refractivity contribution is 5.96. The average Bonchev–Trinajstić information content (AvgIpc) is 3.73. The van der Waals surface area contributed by atoms with E-state index >= 15 is 0 Å². The van der Waals surface area contributed by atoms with Gasteiger partial charge in [0.1, 0.15) is 5.75 Å². The molecule has 1 aliphatic carbocycles. The Bertz CT molecular complexity index is 1030. The van der Waals surface area contributed by atoms with Crippen LogP contribution in [0, 0.1) is 0 Å². The number of nitrogens with zero attached hydrogens (tertiary/aromatic N) is 2. The smallest absolute Gasteiger partial charge is 0.262 e. The van der Waals surface area contributed by atoms with E-state index in [-0.39, 0.29) is 24.5 Å². The van der Waals surface area contributed by atoms with Crippen LogP contribution >= 0.6 is 0 Å². The molecule has 8 nitrogen and oxygen atoms in total. The van der Waals surface area contributed by atoms with Crippen molar-refractivity contribution in [3.05, 3.63) is 48.0 Å². The van der Waals surface area contributed by atoms with E-state index in [1.807, 2.05) is 12.1 Å². The summed E-state index contributed by atoms with van der Waals surface area (Å²) >= 11 is 0. The largest absolute Gasteiger partial charge is 0.495 e. The molecular formula is C27H35N3O5. The van der Waals surface area contributed by atoms with Crippen LogP contribution in [0.1, 0.15) is 43.0 Å². The number of benzene rings is 2. The normalized spacial score (nSPS) is 16.4. The van der Waals surface area contributed by atoms with Gasteiger partial charge in [0.2, 0.25) is 0 Å². The number of hydrogen-bond donors (Lipinski definition) is 1. The van der Waals surface area contributed by atoms with Gasteiger partial charge in [-0.2, -0.15) is 0 Å². The minimum absolute atomic E-state index is 0.0428. The standard InChI is InChI=1S/C27H35N3O5/c1-4-29-15-13-21(14-16-29)30(20-10-11-20)27(32)19-9-12-24(25(17-19)34-3)35-18-26(31)28-22-7-5-6-8-23(22)33-2/h5-9,12,17,20-21H,4,10-11,13-16,18H2,1-3H3,(H,28,31). The molecule has 1 aliphatic heterocycles. The first-order valence-corrected chi connectivity index (χ1v) is 12.3. The zero-order chi connectivity index (χ0) is 24.8. The number of hydrogen-bond acceptors (Lipinski definition) is 6. The fourth-order valence-corrected chi connectivity index (χ4v) is 4.64. The Kier molecular flexibility index (Phi) is 8.13. The van der Waals surface area contributed by atoms with E-state index in [0.717, 1.165) is 45.3 Å². The molecule has 1 saturated heterocycles. The third-order valence-corrected chi connectivity index (χ3v) is 6.72. The lowest BCUT2D eigenvalue weighted by Crippen LogP contribution is -2.48. The van der Waals surface area contributed by atoms with Gasteiger partial charge in [0.15, 0.2) is 18.1 Å². The molecule has 188 valence electrons. The summed E-state index contributed by atoms with van der Waals surface area (Å²) in [6.45, 7) is 5.10. The number of carbonyl (C=O) groups is 2. The number of methoxy groups -OCH3 is 2. The first-order chi connectivity index (χ1) is 17.0. The molecule has 8 heteroatoms. The van der Waals surface area contributed by atoms with E-state index in [4.69, 9.17) is 14.2 Å². The van der Waals surface area contributed by atoms with Crippen LogP contribution in [0.2, 0.25) is 0 Å². The topological polar surface area (TPSA) is 80.3 Å². The number of rotatable bonds is 10. The lowest BCUT2D eigenvalue weighted by Gasteiger charge is -2.38. The second-order valence-electron chi connectivity index (χ2n) is 9.01. The molecule has 2 fully saturated rings. The van der Waals surface area contributed by atoms with Crippen LogP contribution in [-0.4, -0.2) is 74.2 Å². The van der Waals surface area contributed by atoms with Crippen molar-refractivity contribution < 1.29 is 23.8 Å². The van der Waals surface area contributed by atoms with Gasteiger partial charge in [-0.3, -0.25) is 9.59 Å². The lowest BCUT2D eigenvalue weighted by molar-refractivity contribution is -0.118. The van der Waals surface area contributed by atoms with Crippen LogP contribution in [0.25, 0.3) is 0 Å². The average molecular weight is 482 g/mol. The van der Waals surface area contributed by atoms with Crippen molar-refractivity contribution in [1.82, 2.24) is 9.80 Å². The summed E-state index contributed by atoms with van der Waals surface area (Å²) in [4.78, 5) is 30.5. The predicted molar refractivity (Wildman–Crippen MR) is 134 cm³/mol. The van der Waals surface area contributed by atoms with Crippen molar-refractivity contribution in [3.8, 4) is 17.2 Å². The second kappa shape index (κ2) is 11.4. The molecule has 2 aliphatic rings. The zero-order valence-electron chi connectivity index (χ0n) is 20.8. The molecule has 0 atom stereocenters. The first kappa shape index (κ1) is 24.9. The minimum atomic E-state index is -0.324. The fraction of sp³-hybridized carbons (Fsp3) is 0.481. The molecule has 0 unspecified atom stereocenters. The van der Waals surface area contributed by atoms with Gasteiger partial charge in [-0.05, 0) is 62.6 Å². The van der Waals surface area contributed by atoms with Crippen molar-refractivity contribution in [2.24, 2.45) is 0 Å². The van der Waals surface area contributed by atoms with Crippen LogP contribution in [-0.2, 0) is 4.79 Å². The Labute approximate surface area is 207 Å². The van der Waals surface area contributed by atoms with E-state index in [0.29, 0.717) is 34.5 Å². The molecule has 0 bridgehead atoms. The highest BCUT2D eigenvalue weighted by atomic mass is 16.5. The molecule has 2 aromatic carbocycles. The van der Waals surface area contributed by atoms with Crippen LogP contribution in [0.3, 0.4) is 0 Å². The van der Waals surface area contributed by atoms with Crippen molar-refractivity contribution in [2.75, 3.05) is 45.8 Å². The van der Waals surface area contributed by atoms with Crippen molar-refractivity contribution in [1.29, 1.82) is 0 Å². The molecule has 0 aromatic heterocycles. The van der Waals surface area contributed by atoms with Gasteiger partial charge in [0.25, 0.3) is 11.8 Å². The molecule has 1 saturated carbocycles. The summed E-state index contributed by atoms with van der Waals surface area (Å²) in [7, 11) is 3.08. The Morgan fingerprint density at radius 1 is 0.943 bits per heavy atom. The van der Waals surface area contributed by atoms with E-state index in [2.05, 4.69) is 22.0 Å². The Hall–Kier alpha value is -3.26. The van der Waals surface area contributed by atoms with Gasteiger partial charge in [0, 0.05) is 30.7 Å². The predicted octanol–water partition coefficient (Wildman–Crippen LogP) is 3.81. The highest BCUT2D eigenvalue weighted by Gasteiger charge is 2.39. The lowest BCUT2D eigenvalue weighted by atomic mass is 10.0. The van der Waals surface area contributed by atoms with Gasteiger partial charge < -0.3 is 29.3 Å². The Morgan fingerprint density at radius 3 is 2.29 bits per heavy atom. The van der Waals surface area contributed by atoms with Gasteiger partial charge >= 0.3 is 0 Å². The monoisotopic (exact) mass is 481 g/mol. The molecule has 2 aromatic rings. The number of nitrogens with one attached hydrogen (secondary N) is 1. The van der Waals surface area contributed by atoms with Crippen LogP contribution in [0.4, 0.5) is 5.69 Å². The molecule has 0 radical (unpaired) electrons. The number of anilines is 1. The maximum absolute atomic E-state index is 13.5. The number of para-hydroxylation sites is 2. The maximum atomic E-state index is 13.5. The number of likely N-dealkylation sites (tertiary alicyclic amines) is 1. The zero-order valence-corrected chi connectivity index (χ0v) is 20.8. The summed E-state index contributed by atoms with van der Waals surface area (Å²) in [5.74, 6) is 1.13. The molecule has 2 amide bonds. The van der Waals surface area contributed by atoms with Gasteiger partial charge in [-0.25, -0.2) is 0 Å². The van der Waals surface area contributed by atoms with Crippen molar-refractivity contribution in [3.63, 3.8) is 0 Å². The molecule has 0 spiro atoms. The van der Waals surface area contributed by atoms with Crippen LogP contribution < -0.4 is 19.5 Å². The third kappa shape index (κ3) is 6.06. The van der Waals surface area contributed by atoms with Gasteiger partial charge in [-0.15, -0.1) is 0 Å². The Balaban J connectivity index is 1.41. The molecule has 35 heavy (non-hydrogen) atoms. The molecule has 1 N–H and O–H groups in total. The first-order valence-electron chi connectivity index (χ1n) is 12.3. The SMILES string of the molecule is CCN1CCC(N(C(=O)c2ccc(OCC(=O)Nc3ccccc3OC)c(OC)c2)C2CC2)CC1. The second-order valence-corrected chi connectivity index (χ2v) is 9.01. The van der Waals surface area contributed by atoms with Crippen molar-refractivity contribution >= 4 is 17.5 Å².